The molecule has 0 saturated carbocycles. The number of hydrogen-bond donors (Lipinski definition) is 1. The van der Waals surface area contributed by atoms with Crippen LogP contribution in [0.5, 0.6) is 0 Å². The van der Waals surface area contributed by atoms with E-state index in [0.29, 0.717) is 18.7 Å². The van der Waals surface area contributed by atoms with Crippen molar-refractivity contribution in [3.63, 3.8) is 0 Å². The molecule has 0 saturated heterocycles. The third-order valence-electron chi connectivity index (χ3n) is 2.06. The second-order valence-corrected chi connectivity index (χ2v) is 3.43. The summed E-state index contributed by atoms with van der Waals surface area (Å²) in [4.78, 5) is 13.1. The number of esters is 1. The van der Waals surface area contributed by atoms with Gasteiger partial charge in [-0.3, -0.25) is 0 Å². The summed E-state index contributed by atoms with van der Waals surface area (Å²) < 4.78 is 4.95. The maximum absolute atomic E-state index is 11.0. The Labute approximate surface area is 91.5 Å². The molecule has 0 aliphatic heterocycles. The molecule has 0 radical (unpaired) electrons. The largest absolute Gasteiger partial charge is 0.462 e. The molecule has 4 heteroatoms. The van der Waals surface area contributed by atoms with Crippen LogP contribution in [0.3, 0.4) is 0 Å². The van der Waals surface area contributed by atoms with Crippen LogP contribution in [0.2, 0.25) is 0 Å². The Morgan fingerprint density at radius 3 is 2.60 bits per heavy atom. The Hall–Kier alpha value is -0.870. The van der Waals surface area contributed by atoms with Gasteiger partial charge in [-0.25, -0.2) is 4.79 Å². The highest BCUT2D eigenvalue weighted by Crippen LogP contribution is 1.95. The van der Waals surface area contributed by atoms with Crippen molar-refractivity contribution >= 4 is 5.97 Å². The average Bonchev–Trinajstić information content (AvgIpc) is 2.22. The minimum atomic E-state index is -0.333. The van der Waals surface area contributed by atoms with E-state index in [9.17, 15) is 4.79 Å². The van der Waals surface area contributed by atoms with E-state index < -0.39 is 0 Å². The molecule has 0 unspecified atom stereocenters. The van der Waals surface area contributed by atoms with Gasteiger partial charge < -0.3 is 14.7 Å². The lowest BCUT2D eigenvalue weighted by atomic mass is 10.3. The maximum Gasteiger partial charge on any atom is 0.333 e. The molecular weight excluding hydrogens is 194 g/mol. The van der Waals surface area contributed by atoms with Gasteiger partial charge in [0.25, 0.3) is 0 Å². The molecular formula is C11H21NO3. The fourth-order valence-corrected chi connectivity index (χ4v) is 1.15. The van der Waals surface area contributed by atoms with Gasteiger partial charge in [0.15, 0.2) is 0 Å². The molecule has 0 aromatic rings. The fraction of sp³-hybridized carbons (Fsp3) is 0.727. The summed E-state index contributed by atoms with van der Waals surface area (Å²) in [5.41, 5.74) is 0.428. The van der Waals surface area contributed by atoms with E-state index in [1.807, 2.05) is 6.92 Å². The van der Waals surface area contributed by atoms with Crippen LogP contribution in [0.15, 0.2) is 12.2 Å². The van der Waals surface area contributed by atoms with Crippen molar-refractivity contribution in [3.05, 3.63) is 12.2 Å². The van der Waals surface area contributed by atoms with Crippen LogP contribution in [0, 0.1) is 0 Å². The molecule has 0 amide bonds. The molecule has 0 heterocycles. The molecule has 0 rings (SSSR count). The van der Waals surface area contributed by atoms with E-state index in [2.05, 4.69) is 11.5 Å². The Balaban J connectivity index is 3.52. The molecule has 0 atom stereocenters. The number of aliphatic hydroxyl groups excluding tert-OH is 1. The molecule has 0 aromatic carbocycles. The van der Waals surface area contributed by atoms with Crippen molar-refractivity contribution in [1.29, 1.82) is 0 Å². The number of hydrogen-bond acceptors (Lipinski definition) is 4. The molecule has 0 bridgehead atoms. The first-order valence-corrected chi connectivity index (χ1v) is 5.27. The van der Waals surface area contributed by atoms with E-state index in [-0.39, 0.29) is 12.6 Å². The third kappa shape index (κ3) is 7.11. The summed E-state index contributed by atoms with van der Waals surface area (Å²) in [6.45, 7) is 10.1. The van der Waals surface area contributed by atoms with E-state index in [4.69, 9.17) is 9.84 Å². The molecule has 0 spiro atoms. The highest BCUT2D eigenvalue weighted by molar-refractivity contribution is 5.86. The zero-order valence-electron chi connectivity index (χ0n) is 9.66. The number of ether oxygens (including phenoxy) is 1. The number of nitrogens with zero attached hydrogens (tertiary/aromatic N) is 1. The lowest BCUT2D eigenvalue weighted by Crippen LogP contribution is -2.28. The van der Waals surface area contributed by atoms with E-state index >= 15 is 0 Å². The predicted octanol–water partition coefficient (Wildman–Crippen LogP) is 0.810. The third-order valence-corrected chi connectivity index (χ3v) is 2.06. The summed E-state index contributed by atoms with van der Waals surface area (Å²) in [6, 6.07) is 0. The zero-order valence-corrected chi connectivity index (χ0v) is 9.66. The summed E-state index contributed by atoms with van der Waals surface area (Å²) >= 11 is 0. The smallest absolute Gasteiger partial charge is 0.333 e. The van der Waals surface area contributed by atoms with Crippen molar-refractivity contribution in [3.8, 4) is 0 Å². The maximum atomic E-state index is 11.0. The van der Waals surface area contributed by atoms with Crippen LogP contribution in [0.4, 0.5) is 0 Å². The second kappa shape index (κ2) is 8.44. The van der Waals surface area contributed by atoms with Gasteiger partial charge in [0, 0.05) is 18.7 Å². The first-order valence-electron chi connectivity index (χ1n) is 5.27. The topological polar surface area (TPSA) is 49.8 Å². The molecule has 0 fully saturated rings. The Bertz CT molecular complexity index is 204. The van der Waals surface area contributed by atoms with Crippen LogP contribution >= 0.6 is 0 Å². The van der Waals surface area contributed by atoms with Crippen molar-refractivity contribution in [2.75, 3.05) is 32.8 Å². The number of likely N-dealkylation sites (N-methyl/N-ethyl adjacent to an activating group) is 1. The molecule has 0 aliphatic rings. The van der Waals surface area contributed by atoms with Gasteiger partial charge in [-0.2, -0.15) is 0 Å². The monoisotopic (exact) mass is 215 g/mol. The zero-order chi connectivity index (χ0) is 11.7. The number of rotatable bonds is 8. The van der Waals surface area contributed by atoms with Gasteiger partial charge in [0.1, 0.15) is 0 Å². The lowest BCUT2D eigenvalue weighted by molar-refractivity contribution is -0.139. The molecule has 88 valence electrons. The summed E-state index contributed by atoms with van der Waals surface area (Å²) in [7, 11) is 0. The molecule has 0 aliphatic carbocycles. The quantitative estimate of drug-likeness (QED) is 0.370. The number of aliphatic hydroxyl groups is 1. The Morgan fingerprint density at radius 1 is 1.47 bits per heavy atom. The molecule has 15 heavy (non-hydrogen) atoms. The van der Waals surface area contributed by atoms with Crippen molar-refractivity contribution < 1.29 is 14.6 Å². The normalized spacial score (nSPS) is 10.4. The predicted molar refractivity (Wildman–Crippen MR) is 59.6 cm³/mol. The van der Waals surface area contributed by atoms with Crippen LogP contribution in [0.1, 0.15) is 20.3 Å². The van der Waals surface area contributed by atoms with Gasteiger partial charge in [0.2, 0.25) is 0 Å². The summed E-state index contributed by atoms with van der Waals surface area (Å²) in [5, 5.41) is 8.75. The van der Waals surface area contributed by atoms with Crippen LogP contribution in [-0.4, -0.2) is 48.8 Å². The SMILES string of the molecule is C=C(C)C(=O)OCCCN(CC)CCO. The lowest BCUT2D eigenvalue weighted by Gasteiger charge is -2.18. The number of carbonyl (C=O) groups is 1. The van der Waals surface area contributed by atoms with Crippen LogP contribution in [0.25, 0.3) is 0 Å². The van der Waals surface area contributed by atoms with E-state index in [1.165, 1.54) is 0 Å². The van der Waals surface area contributed by atoms with Crippen LogP contribution in [-0.2, 0) is 9.53 Å². The van der Waals surface area contributed by atoms with Gasteiger partial charge in [-0.05, 0) is 19.9 Å². The van der Waals surface area contributed by atoms with Gasteiger partial charge in [-0.15, -0.1) is 0 Å². The minimum Gasteiger partial charge on any atom is -0.462 e. The van der Waals surface area contributed by atoms with Gasteiger partial charge >= 0.3 is 5.97 Å². The summed E-state index contributed by atoms with van der Waals surface area (Å²) in [5.74, 6) is -0.333. The van der Waals surface area contributed by atoms with E-state index in [0.717, 1.165) is 19.5 Å². The van der Waals surface area contributed by atoms with Crippen LogP contribution < -0.4 is 0 Å². The Morgan fingerprint density at radius 2 is 2.13 bits per heavy atom. The second-order valence-electron chi connectivity index (χ2n) is 3.43. The van der Waals surface area contributed by atoms with Crippen molar-refractivity contribution in [2.24, 2.45) is 0 Å². The standard InChI is InChI=1S/C11H21NO3/c1-4-12(7-8-13)6-5-9-15-11(14)10(2)3/h13H,2,4-9H2,1,3H3. The highest BCUT2D eigenvalue weighted by Gasteiger charge is 2.04. The van der Waals surface area contributed by atoms with Gasteiger partial charge in [0.05, 0.1) is 13.2 Å². The first-order chi connectivity index (χ1) is 7.11. The molecule has 1 N–H and O–H groups in total. The fourth-order valence-electron chi connectivity index (χ4n) is 1.15. The minimum absolute atomic E-state index is 0.166. The Kier molecular flexibility index (Phi) is 7.95. The highest BCUT2D eigenvalue weighted by atomic mass is 16.5. The summed E-state index contributed by atoms with van der Waals surface area (Å²) in [6.07, 6.45) is 0.785. The van der Waals surface area contributed by atoms with Crippen molar-refractivity contribution in [2.45, 2.75) is 20.3 Å². The molecule has 4 nitrogen and oxygen atoms in total. The van der Waals surface area contributed by atoms with Crippen molar-refractivity contribution in [1.82, 2.24) is 4.90 Å². The number of carbonyl (C=O) groups excluding carboxylic acids is 1. The van der Waals surface area contributed by atoms with E-state index in [1.54, 1.807) is 6.92 Å². The van der Waals surface area contributed by atoms with Gasteiger partial charge in [-0.1, -0.05) is 13.5 Å². The first kappa shape index (κ1) is 14.1. The average molecular weight is 215 g/mol. The molecule has 0 aromatic heterocycles.